The Morgan fingerprint density at radius 2 is 1.86 bits per heavy atom. The number of nitrogens with zero attached hydrogens (tertiary/aromatic N) is 2. The van der Waals surface area contributed by atoms with E-state index in [0.29, 0.717) is 0 Å². The van der Waals surface area contributed by atoms with E-state index in [1.54, 1.807) is 6.92 Å². The quantitative estimate of drug-likeness (QED) is 0.665. The minimum atomic E-state index is -3.48. The average molecular weight is 224 g/mol. The van der Waals surface area contributed by atoms with Gasteiger partial charge in [-0.25, -0.2) is 0 Å². The lowest BCUT2D eigenvalue weighted by molar-refractivity contribution is -0.137. The van der Waals surface area contributed by atoms with Gasteiger partial charge in [0.25, 0.3) is 10.2 Å². The Labute approximate surface area is 84.3 Å². The van der Waals surface area contributed by atoms with Crippen molar-refractivity contribution in [3.8, 4) is 0 Å². The van der Waals surface area contributed by atoms with E-state index >= 15 is 0 Å². The van der Waals surface area contributed by atoms with E-state index in [0.717, 1.165) is 8.61 Å². The molecule has 7 heteroatoms. The molecule has 0 saturated heterocycles. The molecule has 0 fully saturated rings. The van der Waals surface area contributed by atoms with Gasteiger partial charge in [-0.15, -0.1) is 0 Å². The summed E-state index contributed by atoms with van der Waals surface area (Å²) in [7, 11) is -0.651. The summed E-state index contributed by atoms with van der Waals surface area (Å²) in [4.78, 5) is 10.3. The summed E-state index contributed by atoms with van der Waals surface area (Å²) in [5.74, 6) is -1.00. The minimum Gasteiger partial charge on any atom is -0.481 e. The van der Waals surface area contributed by atoms with Crippen LogP contribution < -0.4 is 0 Å². The lowest BCUT2D eigenvalue weighted by atomic mass is 10.4. The van der Waals surface area contributed by atoms with Gasteiger partial charge >= 0.3 is 5.97 Å². The maximum atomic E-state index is 11.5. The molecule has 0 spiro atoms. The number of aliphatic carboxylic acids is 1. The van der Waals surface area contributed by atoms with Crippen molar-refractivity contribution in [3.63, 3.8) is 0 Å². The molecule has 0 aliphatic heterocycles. The van der Waals surface area contributed by atoms with Crippen LogP contribution in [0.15, 0.2) is 0 Å². The van der Waals surface area contributed by atoms with Crippen molar-refractivity contribution in [3.05, 3.63) is 0 Å². The molecule has 0 aromatic rings. The van der Waals surface area contributed by atoms with Gasteiger partial charge in [0.05, 0.1) is 6.42 Å². The Kier molecular flexibility index (Phi) is 5.03. The van der Waals surface area contributed by atoms with Crippen LogP contribution in [0.4, 0.5) is 0 Å². The van der Waals surface area contributed by atoms with Gasteiger partial charge in [-0.2, -0.15) is 17.0 Å². The monoisotopic (exact) mass is 224 g/mol. The molecule has 0 aromatic carbocycles. The zero-order valence-electron chi connectivity index (χ0n) is 8.60. The standard InChI is InChI=1S/C7H16N2O4S/c1-4-9(6-5-7(10)11)14(12,13)8(2)3/h4-6H2,1-3H3,(H,10,11). The van der Waals surface area contributed by atoms with E-state index in [2.05, 4.69) is 0 Å². The highest BCUT2D eigenvalue weighted by Gasteiger charge is 2.22. The highest BCUT2D eigenvalue weighted by molar-refractivity contribution is 7.86. The summed E-state index contributed by atoms with van der Waals surface area (Å²) < 4.78 is 25.3. The van der Waals surface area contributed by atoms with E-state index in [-0.39, 0.29) is 19.5 Å². The fraction of sp³-hybridized carbons (Fsp3) is 0.857. The summed E-state index contributed by atoms with van der Waals surface area (Å²) in [6.07, 6.45) is -0.180. The Morgan fingerprint density at radius 3 is 2.14 bits per heavy atom. The van der Waals surface area contributed by atoms with Gasteiger partial charge < -0.3 is 5.11 Å². The Balaban J connectivity index is 4.49. The van der Waals surface area contributed by atoms with Crippen LogP contribution in [0.3, 0.4) is 0 Å². The summed E-state index contributed by atoms with van der Waals surface area (Å²) in [6, 6.07) is 0. The maximum Gasteiger partial charge on any atom is 0.304 e. The summed E-state index contributed by atoms with van der Waals surface area (Å²) in [6.45, 7) is 1.95. The molecule has 0 heterocycles. The minimum absolute atomic E-state index is 0.00630. The molecule has 0 saturated carbocycles. The first kappa shape index (κ1) is 13.3. The second-order valence-electron chi connectivity index (χ2n) is 2.93. The predicted octanol–water partition coefficient (Wildman–Crippen LogP) is -0.411. The topological polar surface area (TPSA) is 77.9 Å². The van der Waals surface area contributed by atoms with E-state index < -0.39 is 16.2 Å². The van der Waals surface area contributed by atoms with Gasteiger partial charge in [-0.05, 0) is 0 Å². The highest BCUT2D eigenvalue weighted by Crippen LogP contribution is 2.04. The number of carboxylic acid groups (broad SMARTS) is 1. The summed E-state index contributed by atoms with van der Waals surface area (Å²) >= 11 is 0. The van der Waals surface area contributed by atoms with Crippen molar-refractivity contribution in [2.24, 2.45) is 0 Å². The van der Waals surface area contributed by atoms with E-state index in [4.69, 9.17) is 5.11 Å². The van der Waals surface area contributed by atoms with Crippen molar-refractivity contribution in [2.75, 3.05) is 27.2 Å². The second kappa shape index (κ2) is 5.28. The molecule has 0 unspecified atom stereocenters. The van der Waals surface area contributed by atoms with Crippen molar-refractivity contribution in [1.82, 2.24) is 8.61 Å². The van der Waals surface area contributed by atoms with Crippen LogP contribution in [-0.4, -0.2) is 55.3 Å². The van der Waals surface area contributed by atoms with Crippen LogP contribution in [0.25, 0.3) is 0 Å². The van der Waals surface area contributed by atoms with Crippen LogP contribution in [0.2, 0.25) is 0 Å². The maximum absolute atomic E-state index is 11.5. The van der Waals surface area contributed by atoms with Crippen LogP contribution >= 0.6 is 0 Å². The predicted molar refractivity (Wildman–Crippen MR) is 52.1 cm³/mol. The Bertz CT molecular complexity index is 286. The molecule has 0 atom stereocenters. The van der Waals surface area contributed by atoms with Crippen LogP contribution in [0, 0.1) is 0 Å². The highest BCUT2D eigenvalue weighted by atomic mass is 32.2. The van der Waals surface area contributed by atoms with Gasteiger partial charge in [-0.1, -0.05) is 6.92 Å². The van der Waals surface area contributed by atoms with Gasteiger partial charge in [0, 0.05) is 27.2 Å². The van der Waals surface area contributed by atoms with E-state index in [1.165, 1.54) is 14.1 Å². The third-order valence-electron chi connectivity index (χ3n) is 1.72. The average Bonchev–Trinajstić information content (AvgIpc) is 2.04. The van der Waals surface area contributed by atoms with Gasteiger partial charge in [0.1, 0.15) is 0 Å². The Hall–Kier alpha value is -0.660. The third kappa shape index (κ3) is 3.60. The molecule has 6 nitrogen and oxygen atoms in total. The molecule has 0 bridgehead atoms. The smallest absolute Gasteiger partial charge is 0.304 e. The fourth-order valence-corrected chi connectivity index (χ4v) is 2.00. The zero-order valence-corrected chi connectivity index (χ0v) is 9.41. The first-order valence-corrected chi connectivity index (χ1v) is 5.61. The molecule has 0 aliphatic carbocycles. The van der Waals surface area contributed by atoms with Crippen LogP contribution in [0.5, 0.6) is 0 Å². The molecule has 84 valence electrons. The molecule has 0 aliphatic rings. The molecule has 0 radical (unpaired) electrons. The van der Waals surface area contributed by atoms with Crippen LogP contribution in [-0.2, 0) is 15.0 Å². The number of hydrogen-bond acceptors (Lipinski definition) is 3. The summed E-state index contributed by atoms with van der Waals surface area (Å²) in [5.41, 5.74) is 0. The SMILES string of the molecule is CCN(CCC(=O)O)S(=O)(=O)N(C)C. The molecule has 0 amide bonds. The van der Waals surface area contributed by atoms with E-state index in [9.17, 15) is 13.2 Å². The number of hydrogen-bond donors (Lipinski definition) is 1. The zero-order chi connectivity index (χ0) is 11.4. The second-order valence-corrected chi connectivity index (χ2v) is 5.07. The number of carboxylic acids is 1. The third-order valence-corrected chi connectivity index (χ3v) is 3.73. The Morgan fingerprint density at radius 1 is 1.36 bits per heavy atom. The number of carbonyl (C=O) groups is 1. The van der Waals surface area contributed by atoms with Gasteiger partial charge in [0.2, 0.25) is 0 Å². The normalized spacial score (nSPS) is 12.4. The first-order chi connectivity index (χ1) is 6.32. The van der Waals surface area contributed by atoms with E-state index in [1.807, 2.05) is 0 Å². The lowest BCUT2D eigenvalue weighted by Gasteiger charge is -2.23. The van der Waals surface area contributed by atoms with Crippen molar-refractivity contribution in [1.29, 1.82) is 0 Å². The molecular weight excluding hydrogens is 208 g/mol. The lowest BCUT2D eigenvalue weighted by Crippen LogP contribution is -2.40. The molecule has 1 N–H and O–H groups in total. The van der Waals surface area contributed by atoms with Gasteiger partial charge in [-0.3, -0.25) is 4.79 Å². The van der Waals surface area contributed by atoms with Gasteiger partial charge in [0.15, 0.2) is 0 Å². The number of rotatable bonds is 6. The largest absolute Gasteiger partial charge is 0.481 e. The summed E-state index contributed by atoms with van der Waals surface area (Å²) in [5, 5.41) is 8.43. The fourth-order valence-electron chi connectivity index (χ4n) is 0.888. The molecule has 0 rings (SSSR count). The van der Waals surface area contributed by atoms with Crippen LogP contribution in [0.1, 0.15) is 13.3 Å². The molecule has 14 heavy (non-hydrogen) atoms. The molecule has 0 aromatic heterocycles. The van der Waals surface area contributed by atoms with Crippen molar-refractivity contribution >= 4 is 16.2 Å². The molecular formula is C7H16N2O4S. The van der Waals surface area contributed by atoms with Crippen molar-refractivity contribution < 1.29 is 18.3 Å². The van der Waals surface area contributed by atoms with Crippen molar-refractivity contribution in [2.45, 2.75) is 13.3 Å². The first-order valence-electron chi connectivity index (χ1n) is 4.21.